The summed E-state index contributed by atoms with van der Waals surface area (Å²) >= 11 is 14.8. The molecule has 3 aliphatic rings. The van der Waals surface area contributed by atoms with Gasteiger partial charge in [0.05, 0.1) is 5.92 Å². The Labute approximate surface area is 156 Å². The van der Waals surface area contributed by atoms with Gasteiger partial charge in [0, 0.05) is 33.3 Å². The van der Waals surface area contributed by atoms with E-state index in [0.29, 0.717) is 15.7 Å². The number of benzene rings is 1. The van der Waals surface area contributed by atoms with Gasteiger partial charge in [0.2, 0.25) is 0 Å². The molecule has 0 amide bonds. The zero-order valence-corrected chi connectivity index (χ0v) is 15.4. The van der Waals surface area contributed by atoms with Crippen LogP contribution in [0.25, 0.3) is 0 Å². The molecule has 7 heteroatoms. The van der Waals surface area contributed by atoms with E-state index in [1.165, 1.54) is 3.58 Å². The van der Waals surface area contributed by atoms with Crippen molar-refractivity contribution in [3.63, 3.8) is 0 Å². The number of fused-ring (bicyclic) bond motifs is 4. The molecular weight excluding hydrogens is 452 g/mol. The standard InChI is InChI=1S/C16H12Cl2INO3/c17-6-3-9(18)13-10(4-6)20-14(16(21)22)15-12(13)8-5-7(19)1-2-11(8)23-15/h3-5,12,14-15,20H,1-2H2,(H,21,22). The first-order valence-corrected chi connectivity index (χ1v) is 9.03. The van der Waals surface area contributed by atoms with Gasteiger partial charge in [-0.05, 0) is 50.8 Å². The Hall–Kier alpha value is -0.920. The zero-order chi connectivity index (χ0) is 16.3. The quantitative estimate of drug-likeness (QED) is 0.591. The lowest BCUT2D eigenvalue weighted by Gasteiger charge is -2.35. The van der Waals surface area contributed by atoms with Gasteiger partial charge in [0.1, 0.15) is 11.9 Å². The highest BCUT2D eigenvalue weighted by Crippen LogP contribution is 2.52. The van der Waals surface area contributed by atoms with Gasteiger partial charge in [0.15, 0.2) is 6.04 Å². The first-order chi connectivity index (χ1) is 11.0. The average molecular weight is 464 g/mol. The molecular formula is C16H12Cl2INO3. The molecule has 1 aromatic carbocycles. The SMILES string of the molecule is O=C(O)C1Nc2cc(Cl)cc(Cl)c2C2C3=C(CCC(I)=C3)OC12. The van der Waals surface area contributed by atoms with E-state index >= 15 is 0 Å². The number of rotatable bonds is 1. The summed E-state index contributed by atoms with van der Waals surface area (Å²) in [5.41, 5.74) is 2.58. The summed E-state index contributed by atoms with van der Waals surface area (Å²) in [5.74, 6) is -0.246. The van der Waals surface area contributed by atoms with Gasteiger partial charge < -0.3 is 15.2 Å². The van der Waals surface area contributed by atoms with Crippen molar-refractivity contribution in [1.29, 1.82) is 0 Å². The molecule has 120 valence electrons. The minimum Gasteiger partial charge on any atom is -0.491 e. The van der Waals surface area contributed by atoms with E-state index in [9.17, 15) is 9.90 Å². The van der Waals surface area contributed by atoms with Gasteiger partial charge in [-0.3, -0.25) is 0 Å². The van der Waals surface area contributed by atoms with Gasteiger partial charge in [-0.15, -0.1) is 0 Å². The predicted octanol–water partition coefficient (Wildman–Crippen LogP) is 4.72. The largest absolute Gasteiger partial charge is 0.491 e. The van der Waals surface area contributed by atoms with Crippen LogP contribution in [-0.4, -0.2) is 23.2 Å². The molecule has 0 bridgehead atoms. The second kappa shape index (κ2) is 5.57. The van der Waals surface area contributed by atoms with Crippen molar-refractivity contribution in [2.75, 3.05) is 5.32 Å². The van der Waals surface area contributed by atoms with Crippen LogP contribution < -0.4 is 5.32 Å². The number of nitrogens with one attached hydrogen (secondary N) is 1. The van der Waals surface area contributed by atoms with Crippen LogP contribution in [0.2, 0.25) is 10.0 Å². The van der Waals surface area contributed by atoms with Crippen LogP contribution in [0.1, 0.15) is 24.3 Å². The molecule has 4 nitrogen and oxygen atoms in total. The molecule has 0 saturated carbocycles. The maximum atomic E-state index is 11.7. The third kappa shape index (κ3) is 2.44. The molecule has 0 fully saturated rings. The molecule has 0 saturated heterocycles. The number of carbonyl (C=O) groups is 1. The maximum absolute atomic E-state index is 11.7. The number of hydrogen-bond donors (Lipinski definition) is 2. The number of anilines is 1. The van der Waals surface area contributed by atoms with Crippen molar-refractivity contribution in [1.82, 2.24) is 0 Å². The molecule has 3 unspecified atom stereocenters. The lowest BCUT2D eigenvalue weighted by atomic mass is 9.79. The van der Waals surface area contributed by atoms with Crippen LogP contribution in [0.5, 0.6) is 0 Å². The second-order valence-corrected chi connectivity index (χ2v) is 8.07. The van der Waals surface area contributed by atoms with Gasteiger partial charge >= 0.3 is 5.97 Å². The number of carboxylic acids is 1. The fraction of sp³-hybridized carbons (Fsp3) is 0.312. The monoisotopic (exact) mass is 463 g/mol. The minimum atomic E-state index is -0.944. The Kier molecular flexibility index (Phi) is 3.77. The molecule has 1 aromatic rings. The summed E-state index contributed by atoms with van der Waals surface area (Å²) in [4.78, 5) is 11.7. The van der Waals surface area contributed by atoms with Crippen LogP contribution in [0.4, 0.5) is 5.69 Å². The smallest absolute Gasteiger partial charge is 0.330 e. The van der Waals surface area contributed by atoms with E-state index in [-0.39, 0.29) is 5.92 Å². The van der Waals surface area contributed by atoms with Crippen molar-refractivity contribution in [3.8, 4) is 0 Å². The van der Waals surface area contributed by atoms with E-state index in [2.05, 4.69) is 34.0 Å². The predicted molar refractivity (Wildman–Crippen MR) is 97.5 cm³/mol. The highest BCUT2D eigenvalue weighted by atomic mass is 127. The summed E-state index contributed by atoms with van der Waals surface area (Å²) in [6, 6.07) is 2.58. The maximum Gasteiger partial charge on any atom is 0.330 e. The zero-order valence-electron chi connectivity index (χ0n) is 11.8. The molecule has 23 heavy (non-hydrogen) atoms. The topological polar surface area (TPSA) is 58.6 Å². The fourth-order valence-electron chi connectivity index (χ4n) is 3.55. The van der Waals surface area contributed by atoms with Gasteiger partial charge in [-0.2, -0.15) is 0 Å². The number of halogens is 3. The van der Waals surface area contributed by atoms with Crippen LogP contribution in [0.15, 0.2) is 33.1 Å². The first kappa shape index (κ1) is 15.6. The van der Waals surface area contributed by atoms with E-state index < -0.39 is 18.1 Å². The lowest BCUT2D eigenvalue weighted by molar-refractivity contribution is -0.140. The summed E-state index contributed by atoms with van der Waals surface area (Å²) in [7, 11) is 0. The molecule has 2 heterocycles. The van der Waals surface area contributed by atoms with E-state index in [1.54, 1.807) is 12.1 Å². The van der Waals surface area contributed by atoms with Crippen LogP contribution >= 0.6 is 45.8 Å². The average Bonchev–Trinajstić information content (AvgIpc) is 2.84. The fourth-order valence-corrected chi connectivity index (χ4v) is 4.77. The normalized spacial score (nSPS) is 28.1. The molecule has 4 rings (SSSR count). The van der Waals surface area contributed by atoms with E-state index in [4.69, 9.17) is 27.9 Å². The first-order valence-electron chi connectivity index (χ1n) is 7.20. The highest BCUT2D eigenvalue weighted by Gasteiger charge is 2.49. The van der Waals surface area contributed by atoms with E-state index in [1.807, 2.05) is 0 Å². The Morgan fingerprint density at radius 2 is 2.13 bits per heavy atom. The second-order valence-electron chi connectivity index (χ2n) is 5.84. The summed E-state index contributed by atoms with van der Waals surface area (Å²) < 4.78 is 7.27. The molecule has 0 aromatic heterocycles. The molecule has 2 aliphatic heterocycles. The number of aliphatic carboxylic acids is 1. The Balaban J connectivity index is 1.91. The summed E-state index contributed by atoms with van der Waals surface area (Å²) in [6.45, 7) is 0. The van der Waals surface area contributed by atoms with Crippen molar-refractivity contribution in [2.24, 2.45) is 0 Å². The number of allylic oxidation sites excluding steroid dienone is 3. The molecule has 0 spiro atoms. The molecule has 1 aliphatic carbocycles. The van der Waals surface area contributed by atoms with Crippen molar-refractivity contribution in [3.05, 3.63) is 48.7 Å². The van der Waals surface area contributed by atoms with Crippen LogP contribution in [0.3, 0.4) is 0 Å². The van der Waals surface area contributed by atoms with Crippen molar-refractivity contribution in [2.45, 2.75) is 30.9 Å². The highest BCUT2D eigenvalue weighted by molar-refractivity contribution is 14.1. The van der Waals surface area contributed by atoms with Gasteiger partial charge in [0.25, 0.3) is 0 Å². The number of carboxylic acid groups (broad SMARTS) is 1. The third-order valence-electron chi connectivity index (χ3n) is 4.48. The molecule has 2 N–H and O–H groups in total. The minimum absolute atomic E-state index is 0.183. The van der Waals surface area contributed by atoms with Gasteiger partial charge in [-0.25, -0.2) is 4.79 Å². The van der Waals surface area contributed by atoms with Crippen molar-refractivity contribution >= 4 is 57.4 Å². The van der Waals surface area contributed by atoms with Crippen LogP contribution in [-0.2, 0) is 9.53 Å². The van der Waals surface area contributed by atoms with E-state index in [0.717, 1.165) is 29.7 Å². The molecule has 0 radical (unpaired) electrons. The Morgan fingerprint density at radius 1 is 1.35 bits per heavy atom. The number of ether oxygens (including phenoxy) is 1. The van der Waals surface area contributed by atoms with Crippen molar-refractivity contribution < 1.29 is 14.6 Å². The van der Waals surface area contributed by atoms with Gasteiger partial charge in [-0.1, -0.05) is 23.2 Å². The Bertz CT molecular complexity index is 790. The lowest BCUT2D eigenvalue weighted by Crippen LogP contribution is -2.47. The summed E-state index contributed by atoms with van der Waals surface area (Å²) in [5, 5.41) is 13.6. The number of hydrogen-bond acceptors (Lipinski definition) is 3. The third-order valence-corrected chi connectivity index (χ3v) is 5.86. The Morgan fingerprint density at radius 3 is 2.87 bits per heavy atom. The van der Waals surface area contributed by atoms with Crippen LogP contribution in [0, 0.1) is 0 Å². The summed E-state index contributed by atoms with van der Waals surface area (Å²) in [6.07, 6.45) is 3.32. The molecule has 3 atom stereocenters.